The van der Waals surface area contributed by atoms with E-state index in [4.69, 9.17) is 5.11 Å². The SMILES string of the molecule is CN(Cc1cc[nH]c1)C(=O)C1(C(=O)O)CC1. The zero-order valence-corrected chi connectivity index (χ0v) is 9.06. The molecule has 0 bridgehead atoms. The molecule has 1 aliphatic rings. The second-order valence-corrected chi connectivity index (χ2v) is 4.27. The van der Waals surface area contributed by atoms with Gasteiger partial charge in [0, 0.05) is 26.0 Å². The summed E-state index contributed by atoms with van der Waals surface area (Å²) in [5.74, 6) is -1.29. The molecule has 0 unspecified atom stereocenters. The third kappa shape index (κ3) is 1.68. The van der Waals surface area contributed by atoms with Crippen LogP contribution in [0.5, 0.6) is 0 Å². The largest absolute Gasteiger partial charge is 0.480 e. The van der Waals surface area contributed by atoms with Crippen molar-refractivity contribution in [3.8, 4) is 0 Å². The van der Waals surface area contributed by atoms with Gasteiger partial charge in [-0.25, -0.2) is 0 Å². The van der Waals surface area contributed by atoms with Gasteiger partial charge in [0.15, 0.2) is 0 Å². The van der Waals surface area contributed by atoms with Gasteiger partial charge in [0.2, 0.25) is 5.91 Å². The summed E-state index contributed by atoms with van der Waals surface area (Å²) in [6.07, 6.45) is 4.49. The van der Waals surface area contributed by atoms with Crippen molar-refractivity contribution in [3.05, 3.63) is 24.0 Å². The van der Waals surface area contributed by atoms with Gasteiger partial charge < -0.3 is 15.0 Å². The number of carboxylic acid groups (broad SMARTS) is 1. The molecule has 86 valence electrons. The Kier molecular flexibility index (Phi) is 2.46. The van der Waals surface area contributed by atoms with Gasteiger partial charge in [-0.1, -0.05) is 0 Å². The molecule has 0 atom stereocenters. The van der Waals surface area contributed by atoms with Gasteiger partial charge in [-0.3, -0.25) is 9.59 Å². The summed E-state index contributed by atoms with van der Waals surface area (Å²) in [5.41, 5.74) is -0.164. The van der Waals surface area contributed by atoms with Crippen LogP contribution in [-0.4, -0.2) is 33.9 Å². The molecule has 1 heterocycles. The van der Waals surface area contributed by atoms with Gasteiger partial charge in [0.1, 0.15) is 5.41 Å². The van der Waals surface area contributed by atoms with Gasteiger partial charge in [0.05, 0.1) is 0 Å². The lowest BCUT2D eigenvalue weighted by atomic mass is 10.1. The third-order valence-electron chi connectivity index (χ3n) is 3.00. The summed E-state index contributed by atoms with van der Waals surface area (Å²) in [6.45, 7) is 0.442. The Bertz CT molecular complexity index is 407. The van der Waals surface area contributed by atoms with E-state index in [2.05, 4.69) is 4.98 Å². The van der Waals surface area contributed by atoms with E-state index < -0.39 is 11.4 Å². The average molecular weight is 222 g/mol. The van der Waals surface area contributed by atoms with Crippen molar-refractivity contribution in [1.29, 1.82) is 0 Å². The molecule has 1 fully saturated rings. The van der Waals surface area contributed by atoms with Crippen LogP contribution in [-0.2, 0) is 16.1 Å². The summed E-state index contributed by atoms with van der Waals surface area (Å²) in [6, 6.07) is 1.87. The smallest absolute Gasteiger partial charge is 0.319 e. The second kappa shape index (κ2) is 3.66. The number of rotatable bonds is 4. The van der Waals surface area contributed by atoms with Crippen LogP contribution in [0.4, 0.5) is 0 Å². The molecule has 1 aliphatic carbocycles. The number of nitrogens with zero attached hydrogens (tertiary/aromatic N) is 1. The maximum atomic E-state index is 11.9. The Hall–Kier alpha value is -1.78. The first-order chi connectivity index (χ1) is 7.56. The number of hydrogen-bond donors (Lipinski definition) is 2. The average Bonchev–Trinajstić information content (AvgIpc) is 2.91. The Labute approximate surface area is 93.1 Å². The molecule has 5 heteroatoms. The van der Waals surface area contributed by atoms with Crippen LogP contribution in [0.25, 0.3) is 0 Å². The minimum absolute atomic E-state index is 0.291. The number of aromatic amines is 1. The first-order valence-electron chi connectivity index (χ1n) is 5.17. The normalized spacial score (nSPS) is 16.8. The first-order valence-corrected chi connectivity index (χ1v) is 5.17. The number of amides is 1. The number of hydrogen-bond acceptors (Lipinski definition) is 2. The Morgan fingerprint density at radius 3 is 2.69 bits per heavy atom. The molecule has 0 saturated heterocycles. The molecule has 1 aromatic heterocycles. The Balaban J connectivity index is 2.03. The molecule has 2 N–H and O–H groups in total. The minimum Gasteiger partial charge on any atom is -0.480 e. The van der Waals surface area contributed by atoms with Gasteiger partial charge in [0.25, 0.3) is 0 Å². The molecular formula is C11H14N2O3. The highest BCUT2D eigenvalue weighted by Gasteiger charge is 2.58. The van der Waals surface area contributed by atoms with Gasteiger partial charge >= 0.3 is 5.97 Å². The van der Waals surface area contributed by atoms with E-state index in [0.717, 1.165) is 5.56 Å². The van der Waals surface area contributed by atoms with E-state index in [9.17, 15) is 9.59 Å². The first kappa shape index (κ1) is 10.7. The minimum atomic E-state index is -1.13. The van der Waals surface area contributed by atoms with E-state index in [0.29, 0.717) is 19.4 Å². The third-order valence-corrected chi connectivity index (χ3v) is 3.00. The van der Waals surface area contributed by atoms with Crippen LogP contribution in [0.2, 0.25) is 0 Å². The highest BCUT2D eigenvalue weighted by molar-refractivity contribution is 6.04. The number of carbonyl (C=O) groups is 2. The van der Waals surface area contributed by atoms with Crippen molar-refractivity contribution < 1.29 is 14.7 Å². The molecule has 0 radical (unpaired) electrons. The molecular weight excluding hydrogens is 208 g/mol. The van der Waals surface area contributed by atoms with Crippen LogP contribution < -0.4 is 0 Å². The monoisotopic (exact) mass is 222 g/mol. The predicted octanol–water partition coefficient (Wildman–Crippen LogP) is 0.838. The number of nitrogens with one attached hydrogen (secondary N) is 1. The zero-order valence-electron chi connectivity index (χ0n) is 9.06. The van der Waals surface area contributed by atoms with E-state index in [1.807, 2.05) is 6.07 Å². The van der Waals surface area contributed by atoms with Crippen LogP contribution in [0.3, 0.4) is 0 Å². The summed E-state index contributed by atoms with van der Waals surface area (Å²) < 4.78 is 0. The summed E-state index contributed by atoms with van der Waals surface area (Å²) in [4.78, 5) is 27.3. The van der Waals surface area contributed by atoms with Gasteiger partial charge in [-0.05, 0) is 24.5 Å². The van der Waals surface area contributed by atoms with Crippen molar-refractivity contribution >= 4 is 11.9 Å². The maximum absolute atomic E-state index is 11.9. The van der Waals surface area contributed by atoms with Crippen molar-refractivity contribution in [1.82, 2.24) is 9.88 Å². The topological polar surface area (TPSA) is 73.4 Å². The molecule has 16 heavy (non-hydrogen) atoms. The number of H-pyrrole nitrogens is 1. The molecule has 2 rings (SSSR count). The lowest BCUT2D eigenvalue weighted by molar-refractivity contribution is -0.153. The number of carbonyl (C=O) groups excluding carboxylic acids is 1. The van der Waals surface area contributed by atoms with Crippen molar-refractivity contribution in [2.24, 2.45) is 5.41 Å². The highest BCUT2D eigenvalue weighted by Crippen LogP contribution is 2.47. The molecule has 1 saturated carbocycles. The number of aliphatic carboxylic acids is 1. The fourth-order valence-electron chi connectivity index (χ4n) is 1.81. The molecule has 5 nitrogen and oxygen atoms in total. The number of aromatic nitrogens is 1. The summed E-state index contributed by atoms with van der Waals surface area (Å²) in [5, 5.41) is 9.00. The van der Waals surface area contributed by atoms with Crippen molar-refractivity contribution in [3.63, 3.8) is 0 Å². The van der Waals surface area contributed by atoms with E-state index >= 15 is 0 Å². The van der Waals surface area contributed by atoms with Gasteiger partial charge in [-0.15, -0.1) is 0 Å². The van der Waals surface area contributed by atoms with E-state index in [-0.39, 0.29) is 5.91 Å². The second-order valence-electron chi connectivity index (χ2n) is 4.27. The quantitative estimate of drug-likeness (QED) is 0.741. The highest BCUT2D eigenvalue weighted by atomic mass is 16.4. The Morgan fingerprint density at radius 1 is 1.56 bits per heavy atom. The van der Waals surface area contributed by atoms with Crippen molar-refractivity contribution in [2.45, 2.75) is 19.4 Å². The van der Waals surface area contributed by atoms with Crippen molar-refractivity contribution in [2.75, 3.05) is 7.05 Å². The standard InChI is InChI=1S/C11H14N2O3/c1-13(7-8-2-5-12-6-8)9(14)11(3-4-11)10(15)16/h2,5-6,12H,3-4,7H2,1H3,(H,15,16). The van der Waals surface area contributed by atoms with Crippen LogP contribution in [0.1, 0.15) is 18.4 Å². The van der Waals surface area contributed by atoms with Crippen LogP contribution in [0.15, 0.2) is 18.5 Å². The van der Waals surface area contributed by atoms with Gasteiger partial charge in [-0.2, -0.15) is 0 Å². The van der Waals surface area contributed by atoms with Crippen LogP contribution in [0, 0.1) is 5.41 Å². The maximum Gasteiger partial charge on any atom is 0.319 e. The molecule has 0 aromatic carbocycles. The molecule has 1 aromatic rings. The summed E-state index contributed by atoms with van der Waals surface area (Å²) in [7, 11) is 1.64. The molecule has 1 amide bonds. The number of carboxylic acids is 1. The predicted molar refractivity (Wildman–Crippen MR) is 56.6 cm³/mol. The lowest BCUT2D eigenvalue weighted by Crippen LogP contribution is -2.38. The van der Waals surface area contributed by atoms with E-state index in [1.54, 1.807) is 19.4 Å². The molecule has 0 aliphatic heterocycles. The fraction of sp³-hybridized carbons (Fsp3) is 0.455. The van der Waals surface area contributed by atoms with E-state index in [1.165, 1.54) is 4.90 Å². The zero-order chi connectivity index (χ0) is 11.8. The lowest BCUT2D eigenvalue weighted by Gasteiger charge is -2.20. The fourth-order valence-corrected chi connectivity index (χ4v) is 1.81. The summed E-state index contributed by atoms with van der Waals surface area (Å²) >= 11 is 0. The Morgan fingerprint density at radius 2 is 2.25 bits per heavy atom. The molecule has 0 spiro atoms. The van der Waals surface area contributed by atoms with Crippen LogP contribution >= 0.6 is 0 Å².